The van der Waals surface area contributed by atoms with Crippen molar-refractivity contribution in [1.82, 2.24) is 19.5 Å². The first-order valence-corrected chi connectivity index (χ1v) is 8.73. The van der Waals surface area contributed by atoms with Gasteiger partial charge in [0, 0.05) is 31.1 Å². The lowest BCUT2D eigenvalue weighted by atomic mass is 10.2. The molecule has 1 aromatic carbocycles. The summed E-state index contributed by atoms with van der Waals surface area (Å²) in [6.07, 6.45) is 1.53. The smallest absolute Gasteiger partial charge is 0.275 e. The van der Waals surface area contributed by atoms with Gasteiger partial charge in [-0.25, -0.2) is 4.98 Å². The molecule has 0 amide bonds. The highest BCUT2D eigenvalue weighted by atomic mass is 32.2. The summed E-state index contributed by atoms with van der Waals surface area (Å²) in [5.41, 5.74) is 1.18. The molecule has 0 aliphatic carbocycles. The van der Waals surface area contributed by atoms with Gasteiger partial charge in [-0.3, -0.25) is 4.79 Å². The number of hydrogen-bond acceptors (Lipinski definition) is 6. The highest BCUT2D eigenvalue weighted by Gasteiger charge is 2.07. The number of rotatable bonds is 6. The van der Waals surface area contributed by atoms with Crippen molar-refractivity contribution in [3.05, 3.63) is 58.5 Å². The van der Waals surface area contributed by atoms with Gasteiger partial charge in [-0.15, -0.1) is 5.10 Å². The van der Waals surface area contributed by atoms with Crippen molar-refractivity contribution in [1.29, 1.82) is 0 Å². The van der Waals surface area contributed by atoms with E-state index >= 15 is 0 Å². The zero-order valence-electron chi connectivity index (χ0n) is 12.2. The molecule has 114 valence electrons. The summed E-state index contributed by atoms with van der Waals surface area (Å²) in [7, 11) is 2.11. The zero-order valence-corrected chi connectivity index (χ0v) is 13.8. The molecule has 2 heterocycles. The average Bonchev–Trinajstić information content (AvgIpc) is 2.93. The van der Waals surface area contributed by atoms with Gasteiger partial charge >= 0.3 is 0 Å². The molecule has 0 spiro atoms. The fourth-order valence-corrected chi connectivity index (χ4v) is 4.08. The lowest BCUT2D eigenvalue weighted by Crippen LogP contribution is -2.20. The normalized spacial score (nSPS) is 11.4. The Labute approximate surface area is 136 Å². The minimum absolute atomic E-state index is 0.130. The quantitative estimate of drug-likeness (QED) is 0.649. The second-order valence-corrected chi connectivity index (χ2v) is 7.22. The van der Waals surface area contributed by atoms with Crippen LogP contribution in [0.25, 0.3) is 4.96 Å². The minimum Gasteiger partial charge on any atom is -0.301 e. The molecular formula is C15H16N4OS2. The number of hydrogen-bond donors (Lipinski definition) is 0. The van der Waals surface area contributed by atoms with Crippen molar-refractivity contribution in [3.63, 3.8) is 0 Å². The van der Waals surface area contributed by atoms with Crippen molar-refractivity contribution in [2.24, 2.45) is 0 Å². The zero-order chi connectivity index (χ0) is 15.4. The van der Waals surface area contributed by atoms with Crippen molar-refractivity contribution in [2.45, 2.75) is 10.9 Å². The Balaban J connectivity index is 1.53. The predicted molar refractivity (Wildman–Crippen MR) is 90.6 cm³/mol. The first kappa shape index (κ1) is 15.2. The summed E-state index contributed by atoms with van der Waals surface area (Å²) in [6, 6.07) is 11.8. The summed E-state index contributed by atoms with van der Waals surface area (Å²) in [5, 5.41) is 4.30. The van der Waals surface area contributed by atoms with Gasteiger partial charge in [-0.2, -0.15) is 4.52 Å². The molecule has 0 saturated carbocycles. The van der Waals surface area contributed by atoms with E-state index < -0.39 is 0 Å². The molecule has 2 aromatic heterocycles. The molecule has 3 rings (SSSR count). The van der Waals surface area contributed by atoms with Gasteiger partial charge in [-0.1, -0.05) is 53.4 Å². The highest BCUT2D eigenvalue weighted by molar-refractivity contribution is 8.01. The largest absolute Gasteiger partial charge is 0.301 e. The molecule has 0 aliphatic rings. The molecule has 0 aliphatic heterocycles. The van der Waals surface area contributed by atoms with Crippen LogP contribution in [0.2, 0.25) is 0 Å². The van der Waals surface area contributed by atoms with Crippen LogP contribution < -0.4 is 5.56 Å². The fraction of sp³-hybridized carbons (Fsp3) is 0.267. The van der Waals surface area contributed by atoms with E-state index in [0.29, 0.717) is 4.96 Å². The number of fused-ring (bicyclic) bond motifs is 1. The molecule has 3 aromatic rings. The maximum absolute atomic E-state index is 11.6. The number of nitrogens with zero attached hydrogens (tertiary/aromatic N) is 4. The van der Waals surface area contributed by atoms with Crippen molar-refractivity contribution >= 4 is 28.1 Å². The van der Waals surface area contributed by atoms with Crippen molar-refractivity contribution < 1.29 is 0 Å². The van der Waals surface area contributed by atoms with E-state index in [1.165, 1.54) is 33.7 Å². The summed E-state index contributed by atoms with van der Waals surface area (Å²) in [6.45, 7) is 1.89. The van der Waals surface area contributed by atoms with Crippen LogP contribution in [-0.4, -0.2) is 38.8 Å². The van der Waals surface area contributed by atoms with Gasteiger partial charge in [0.05, 0.1) is 0 Å². The number of benzene rings is 1. The van der Waals surface area contributed by atoms with E-state index in [1.54, 1.807) is 11.8 Å². The molecule has 0 bridgehead atoms. The van der Waals surface area contributed by atoms with Gasteiger partial charge in [0.15, 0.2) is 4.34 Å². The minimum atomic E-state index is -0.130. The lowest BCUT2D eigenvalue weighted by molar-refractivity contribution is 0.348. The van der Waals surface area contributed by atoms with Gasteiger partial charge in [0.1, 0.15) is 0 Å². The molecule has 22 heavy (non-hydrogen) atoms. The summed E-state index contributed by atoms with van der Waals surface area (Å²) >= 11 is 3.11. The Kier molecular flexibility index (Phi) is 4.87. The number of aromatic nitrogens is 3. The third kappa shape index (κ3) is 3.73. The Bertz CT molecular complexity index is 800. The van der Waals surface area contributed by atoms with E-state index in [1.807, 2.05) is 6.07 Å². The predicted octanol–water partition coefficient (Wildman–Crippen LogP) is 2.38. The van der Waals surface area contributed by atoms with E-state index in [4.69, 9.17) is 0 Å². The second kappa shape index (κ2) is 7.04. The van der Waals surface area contributed by atoms with Crippen LogP contribution in [0.4, 0.5) is 0 Å². The van der Waals surface area contributed by atoms with Crippen molar-refractivity contribution in [3.8, 4) is 0 Å². The average molecular weight is 332 g/mol. The summed E-state index contributed by atoms with van der Waals surface area (Å²) in [4.78, 5) is 18.7. The summed E-state index contributed by atoms with van der Waals surface area (Å²) in [5.74, 6) is 0.928. The Morgan fingerprint density at radius 3 is 2.86 bits per heavy atom. The van der Waals surface area contributed by atoms with Crippen LogP contribution in [0.3, 0.4) is 0 Å². The summed E-state index contributed by atoms with van der Waals surface area (Å²) < 4.78 is 2.24. The van der Waals surface area contributed by atoms with Crippen LogP contribution in [0, 0.1) is 0 Å². The lowest BCUT2D eigenvalue weighted by Gasteiger charge is -2.15. The molecule has 0 saturated heterocycles. The third-order valence-electron chi connectivity index (χ3n) is 3.15. The molecule has 0 fully saturated rings. The first-order chi connectivity index (χ1) is 10.7. The van der Waals surface area contributed by atoms with Crippen molar-refractivity contribution in [2.75, 3.05) is 19.3 Å². The maximum Gasteiger partial charge on any atom is 0.275 e. The van der Waals surface area contributed by atoms with Crippen LogP contribution in [0.1, 0.15) is 5.56 Å². The van der Waals surface area contributed by atoms with E-state index in [2.05, 4.69) is 46.3 Å². The van der Waals surface area contributed by atoms with Gasteiger partial charge in [0.25, 0.3) is 5.56 Å². The maximum atomic E-state index is 11.6. The van der Waals surface area contributed by atoms with Gasteiger partial charge in [0.2, 0.25) is 4.96 Å². The van der Waals surface area contributed by atoms with E-state index in [0.717, 1.165) is 23.2 Å². The Morgan fingerprint density at radius 2 is 2.09 bits per heavy atom. The van der Waals surface area contributed by atoms with Gasteiger partial charge in [-0.05, 0) is 12.6 Å². The van der Waals surface area contributed by atoms with E-state index in [-0.39, 0.29) is 5.56 Å². The Morgan fingerprint density at radius 1 is 1.27 bits per heavy atom. The molecule has 0 unspecified atom stereocenters. The van der Waals surface area contributed by atoms with Crippen LogP contribution >= 0.6 is 23.1 Å². The Hall–Kier alpha value is -1.70. The first-order valence-electron chi connectivity index (χ1n) is 6.92. The van der Waals surface area contributed by atoms with Crippen LogP contribution in [-0.2, 0) is 6.54 Å². The number of thioether (sulfide) groups is 1. The molecule has 0 N–H and O–H groups in total. The molecule has 7 heteroatoms. The second-order valence-electron chi connectivity index (χ2n) is 4.92. The molecular weight excluding hydrogens is 316 g/mol. The van der Waals surface area contributed by atoms with E-state index in [9.17, 15) is 4.79 Å². The molecule has 0 atom stereocenters. The highest BCUT2D eigenvalue weighted by Crippen LogP contribution is 2.22. The SMILES string of the molecule is CN(CCSc1nn2c(=O)ccnc2s1)Cc1ccccc1. The topological polar surface area (TPSA) is 50.5 Å². The van der Waals surface area contributed by atoms with Crippen LogP contribution in [0.5, 0.6) is 0 Å². The third-order valence-corrected chi connectivity index (χ3v) is 5.18. The molecule has 5 nitrogen and oxygen atoms in total. The monoisotopic (exact) mass is 332 g/mol. The van der Waals surface area contributed by atoms with Crippen LogP contribution in [0.15, 0.2) is 51.7 Å². The molecule has 0 radical (unpaired) electrons. The fourth-order valence-electron chi connectivity index (χ4n) is 2.05. The standard InChI is InChI=1S/C15H16N4OS2/c1-18(11-12-5-3-2-4-6-12)9-10-21-15-17-19-13(20)7-8-16-14(19)22-15/h2-8H,9-11H2,1H3. The van der Waals surface area contributed by atoms with Gasteiger partial charge < -0.3 is 4.90 Å².